The Morgan fingerprint density at radius 1 is 1.00 bits per heavy atom. The summed E-state index contributed by atoms with van der Waals surface area (Å²) in [7, 11) is 1.57. The van der Waals surface area contributed by atoms with Crippen LogP contribution in [0.25, 0.3) is 6.08 Å². The summed E-state index contributed by atoms with van der Waals surface area (Å²) in [4.78, 5) is 24.8. The van der Waals surface area contributed by atoms with Crippen LogP contribution in [0.3, 0.4) is 0 Å². The molecule has 5 nitrogen and oxygen atoms in total. The van der Waals surface area contributed by atoms with Crippen LogP contribution in [0, 0.1) is 0 Å². The van der Waals surface area contributed by atoms with Crippen molar-refractivity contribution in [1.29, 1.82) is 0 Å². The fraction of sp³-hybridized carbons (Fsp3) is 0.0833. The maximum atomic E-state index is 12.6. The number of ketones is 1. The first-order chi connectivity index (χ1) is 14.1. The van der Waals surface area contributed by atoms with Gasteiger partial charge in [0.2, 0.25) is 5.78 Å². The van der Waals surface area contributed by atoms with Gasteiger partial charge in [-0.2, -0.15) is 0 Å². The Balaban J connectivity index is 1.51. The molecule has 1 aliphatic heterocycles. The SMILES string of the molecule is COc1ccccc1/C=C1\Oc2cc(OC(=O)Cc3ccccc3)ccc2C1=O. The molecule has 0 bridgehead atoms. The second kappa shape index (κ2) is 8.02. The Bertz CT molecular complexity index is 1100. The molecule has 0 unspecified atom stereocenters. The number of rotatable bonds is 5. The van der Waals surface area contributed by atoms with E-state index in [1.807, 2.05) is 54.6 Å². The summed E-state index contributed by atoms with van der Waals surface area (Å²) in [5.74, 6) is 0.913. The number of ether oxygens (including phenoxy) is 3. The van der Waals surface area contributed by atoms with Gasteiger partial charge in [0.15, 0.2) is 5.76 Å². The molecule has 29 heavy (non-hydrogen) atoms. The van der Waals surface area contributed by atoms with Crippen LogP contribution in [0.15, 0.2) is 78.6 Å². The fourth-order valence-corrected chi connectivity index (χ4v) is 3.09. The van der Waals surface area contributed by atoms with E-state index in [4.69, 9.17) is 14.2 Å². The van der Waals surface area contributed by atoms with Crippen molar-refractivity contribution in [3.05, 3.63) is 95.2 Å². The number of carbonyl (C=O) groups is 2. The van der Waals surface area contributed by atoms with Gasteiger partial charge in [-0.1, -0.05) is 48.5 Å². The Labute approximate surface area is 168 Å². The van der Waals surface area contributed by atoms with Crippen molar-refractivity contribution in [3.8, 4) is 17.2 Å². The highest BCUT2D eigenvalue weighted by Crippen LogP contribution is 2.35. The fourth-order valence-electron chi connectivity index (χ4n) is 3.09. The van der Waals surface area contributed by atoms with Crippen molar-refractivity contribution in [2.75, 3.05) is 7.11 Å². The average Bonchev–Trinajstić information content (AvgIpc) is 3.04. The van der Waals surface area contributed by atoms with Crippen LogP contribution in [-0.4, -0.2) is 18.9 Å². The van der Waals surface area contributed by atoms with Gasteiger partial charge in [0, 0.05) is 11.6 Å². The molecule has 0 radical (unpaired) electrons. The molecule has 3 aromatic carbocycles. The van der Waals surface area contributed by atoms with Crippen molar-refractivity contribution >= 4 is 17.8 Å². The molecule has 4 rings (SSSR count). The number of hydrogen-bond donors (Lipinski definition) is 0. The Hall–Kier alpha value is -3.86. The second-order valence-electron chi connectivity index (χ2n) is 6.48. The summed E-state index contributed by atoms with van der Waals surface area (Å²) in [5, 5.41) is 0. The van der Waals surface area contributed by atoms with Gasteiger partial charge in [0.25, 0.3) is 0 Å². The molecule has 0 saturated carbocycles. The predicted octanol–water partition coefficient (Wildman–Crippen LogP) is 4.46. The zero-order valence-electron chi connectivity index (χ0n) is 15.8. The lowest BCUT2D eigenvalue weighted by Gasteiger charge is -2.06. The third-order valence-corrected chi connectivity index (χ3v) is 4.49. The van der Waals surface area contributed by atoms with Crippen molar-refractivity contribution in [2.45, 2.75) is 6.42 Å². The van der Waals surface area contributed by atoms with Gasteiger partial charge in [-0.25, -0.2) is 0 Å². The highest BCUT2D eigenvalue weighted by molar-refractivity contribution is 6.14. The number of fused-ring (bicyclic) bond motifs is 1. The van der Waals surface area contributed by atoms with Crippen LogP contribution in [0.1, 0.15) is 21.5 Å². The maximum Gasteiger partial charge on any atom is 0.315 e. The van der Waals surface area contributed by atoms with Gasteiger partial charge in [0.05, 0.1) is 19.1 Å². The van der Waals surface area contributed by atoms with E-state index in [9.17, 15) is 9.59 Å². The number of esters is 1. The number of hydrogen-bond acceptors (Lipinski definition) is 5. The molecule has 144 valence electrons. The molecule has 1 heterocycles. The Kier molecular flexibility index (Phi) is 5.12. The van der Waals surface area contributed by atoms with E-state index in [0.29, 0.717) is 22.8 Å². The van der Waals surface area contributed by atoms with Crippen LogP contribution in [-0.2, 0) is 11.2 Å². The van der Waals surface area contributed by atoms with Crippen LogP contribution < -0.4 is 14.2 Å². The molecular formula is C24H18O5. The Morgan fingerprint density at radius 3 is 2.55 bits per heavy atom. The normalized spacial score (nSPS) is 13.7. The second-order valence-corrected chi connectivity index (χ2v) is 6.48. The highest BCUT2D eigenvalue weighted by atomic mass is 16.5. The van der Waals surface area contributed by atoms with Crippen LogP contribution >= 0.6 is 0 Å². The summed E-state index contributed by atoms with van der Waals surface area (Å²) in [6.07, 6.45) is 1.80. The lowest BCUT2D eigenvalue weighted by molar-refractivity contribution is -0.133. The number of methoxy groups -OCH3 is 1. The minimum Gasteiger partial charge on any atom is -0.496 e. The van der Waals surface area contributed by atoms with Crippen LogP contribution in [0.5, 0.6) is 17.2 Å². The molecule has 0 atom stereocenters. The van der Waals surface area contributed by atoms with Gasteiger partial charge in [-0.05, 0) is 29.8 Å². The molecule has 0 fully saturated rings. The minimum atomic E-state index is -0.384. The van der Waals surface area contributed by atoms with Crippen LogP contribution in [0.2, 0.25) is 0 Å². The minimum absolute atomic E-state index is 0.163. The number of benzene rings is 3. The first kappa shape index (κ1) is 18.5. The van der Waals surface area contributed by atoms with Gasteiger partial charge in [-0.3, -0.25) is 9.59 Å². The van der Waals surface area contributed by atoms with E-state index < -0.39 is 0 Å². The first-order valence-electron chi connectivity index (χ1n) is 9.10. The highest BCUT2D eigenvalue weighted by Gasteiger charge is 2.28. The maximum absolute atomic E-state index is 12.6. The third kappa shape index (κ3) is 4.04. The molecule has 0 spiro atoms. The molecule has 0 saturated heterocycles. The summed E-state index contributed by atoms with van der Waals surface area (Å²) in [6, 6.07) is 21.4. The Morgan fingerprint density at radius 2 is 1.76 bits per heavy atom. The van der Waals surface area contributed by atoms with E-state index in [2.05, 4.69) is 0 Å². The van der Waals surface area contributed by atoms with Crippen LogP contribution in [0.4, 0.5) is 0 Å². The summed E-state index contributed by atoms with van der Waals surface area (Å²) < 4.78 is 16.4. The smallest absolute Gasteiger partial charge is 0.315 e. The molecule has 0 aliphatic carbocycles. The first-order valence-corrected chi connectivity index (χ1v) is 9.10. The molecule has 0 aromatic heterocycles. The monoisotopic (exact) mass is 386 g/mol. The van der Waals surface area contributed by atoms with Gasteiger partial charge in [-0.15, -0.1) is 0 Å². The predicted molar refractivity (Wildman–Crippen MR) is 108 cm³/mol. The standard InChI is InChI=1S/C24H18O5/c1-27-20-10-6-5-9-17(20)14-22-24(26)19-12-11-18(15-21(19)29-22)28-23(25)13-16-7-3-2-4-8-16/h2-12,14-15H,13H2,1H3/b22-14-. The lowest BCUT2D eigenvalue weighted by atomic mass is 10.1. The average molecular weight is 386 g/mol. The topological polar surface area (TPSA) is 61.8 Å². The van der Waals surface area contributed by atoms with E-state index in [0.717, 1.165) is 11.1 Å². The van der Waals surface area contributed by atoms with Crippen molar-refractivity contribution < 1.29 is 23.8 Å². The summed E-state index contributed by atoms with van der Waals surface area (Å²) in [5.41, 5.74) is 2.03. The largest absolute Gasteiger partial charge is 0.496 e. The van der Waals surface area contributed by atoms with Crippen molar-refractivity contribution in [2.24, 2.45) is 0 Å². The van der Waals surface area contributed by atoms with Gasteiger partial charge in [0.1, 0.15) is 17.2 Å². The molecule has 0 amide bonds. The van der Waals surface area contributed by atoms with E-state index in [-0.39, 0.29) is 23.9 Å². The number of Topliss-reactive ketones (excluding diaryl/α,β-unsaturated/α-hetero) is 1. The molecule has 5 heteroatoms. The quantitative estimate of drug-likeness (QED) is 0.368. The zero-order valence-corrected chi connectivity index (χ0v) is 15.8. The van der Waals surface area contributed by atoms with E-state index >= 15 is 0 Å². The van der Waals surface area contributed by atoms with E-state index in [1.54, 1.807) is 31.4 Å². The number of allylic oxidation sites excluding steroid dienone is 1. The molecular weight excluding hydrogens is 368 g/mol. The van der Waals surface area contributed by atoms with E-state index in [1.165, 1.54) is 0 Å². The molecule has 3 aromatic rings. The lowest BCUT2D eigenvalue weighted by Crippen LogP contribution is -2.11. The number of para-hydroxylation sites is 1. The van der Waals surface area contributed by atoms with Gasteiger partial charge < -0.3 is 14.2 Å². The third-order valence-electron chi connectivity index (χ3n) is 4.49. The number of carbonyl (C=O) groups excluding carboxylic acids is 2. The molecule has 1 aliphatic rings. The van der Waals surface area contributed by atoms with Crippen molar-refractivity contribution in [1.82, 2.24) is 0 Å². The van der Waals surface area contributed by atoms with Gasteiger partial charge >= 0.3 is 5.97 Å². The summed E-state index contributed by atoms with van der Waals surface area (Å²) >= 11 is 0. The molecule has 0 N–H and O–H groups in total. The van der Waals surface area contributed by atoms with Crippen molar-refractivity contribution in [3.63, 3.8) is 0 Å². The summed E-state index contributed by atoms with van der Waals surface area (Å²) in [6.45, 7) is 0. The zero-order chi connectivity index (χ0) is 20.2.